The van der Waals surface area contributed by atoms with Crippen molar-refractivity contribution in [2.24, 2.45) is 0 Å². The molecule has 0 spiro atoms. The Kier molecular flexibility index (Phi) is 4.94. The van der Waals surface area contributed by atoms with Crippen molar-refractivity contribution < 1.29 is 9.31 Å². The van der Waals surface area contributed by atoms with Crippen molar-refractivity contribution in [3.8, 4) is 0 Å². The summed E-state index contributed by atoms with van der Waals surface area (Å²) in [7, 11) is 1.69. The minimum absolute atomic E-state index is 0.127. The zero-order valence-electron chi connectivity index (χ0n) is 13.7. The Labute approximate surface area is 144 Å². The Balaban J connectivity index is 1.95. The second kappa shape index (κ2) is 7.31. The first kappa shape index (κ1) is 16.9. The SMILES string of the molecule is CNc1ccc([N+](=O)[O-])c(Nc2ccccc2N2CCNC(F)C2)n1. The third-order valence-electron chi connectivity index (χ3n) is 3.95. The molecule has 2 heterocycles. The molecule has 1 atom stereocenters. The number of nitrogens with zero attached hydrogens (tertiary/aromatic N) is 3. The van der Waals surface area contributed by atoms with Crippen molar-refractivity contribution in [1.29, 1.82) is 0 Å². The van der Waals surface area contributed by atoms with Crippen LogP contribution >= 0.6 is 0 Å². The molecular weight excluding hydrogens is 327 g/mol. The summed E-state index contributed by atoms with van der Waals surface area (Å²) < 4.78 is 13.7. The predicted molar refractivity (Wildman–Crippen MR) is 95.3 cm³/mol. The lowest BCUT2D eigenvalue weighted by Gasteiger charge is -2.33. The Morgan fingerprint density at radius 2 is 2.16 bits per heavy atom. The molecule has 3 rings (SSSR count). The van der Waals surface area contributed by atoms with Crippen molar-refractivity contribution in [2.45, 2.75) is 6.30 Å². The van der Waals surface area contributed by atoms with Crippen LogP contribution in [0.5, 0.6) is 0 Å². The maximum atomic E-state index is 13.7. The quantitative estimate of drug-likeness (QED) is 0.435. The highest BCUT2D eigenvalue weighted by Crippen LogP contribution is 2.33. The fraction of sp³-hybridized carbons (Fsp3) is 0.312. The molecule has 0 saturated carbocycles. The standard InChI is InChI=1S/C16H19FN6O2/c1-18-15-7-6-13(23(24)25)16(21-15)20-11-4-2-3-5-12(11)22-9-8-19-14(17)10-22/h2-7,14,19H,8-10H2,1H3,(H2,18,20,21). The largest absolute Gasteiger partial charge is 0.373 e. The number of piperazine rings is 1. The number of hydrogen-bond acceptors (Lipinski definition) is 7. The maximum Gasteiger partial charge on any atom is 0.311 e. The Bertz CT molecular complexity index is 772. The molecule has 0 bridgehead atoms. The number of nitro groups is 1. The van der Waals surface area contributed by atoms with Crippen molar-refractivity contribution in [3.05, 3.63) is 46.5 Å². The highest BCUT2D eigenvalue weighted by molar-refractivity contribution is 5.77. The van der Waals surface area contributed by atoms with Crippen LogP contribution in [0, 0.1) is 10.1 Å². The normalized spacial score (nSPS) is 17.2. The van der Waals surface area contributed by atoms with Crippen molar-refractivity contribution in [1.82, 2.24) is 10.3 Å². The number of aromatic nitrogens is 1. The monoisotopic (exact) mass is 346 g/mol. The summed E-state index contributed by atoms with van der Waals surface area (Å²) >= 11 is 0. The first-order chi connectivity index (χ1) is 12.1. The van der Waals surface area contributed by atoms with Crippen LogP contribution in [0.15, 0.2) is 36.4 Å². The van der Waals surface area contributed by atoms with E-state index in [0.29, 0.717) is 24.6 Å². The lowest BCUT2D eigenvalue weighted by atomic mass is 10.2. The van der Waals surface area contributed by atoms with Gasteiger partial charge in [0, 0.05) is 26.2 Å². The van der Waals surface area contributed by atoms with E-state index < -0.39 is 11.2 Å². The number of nitrogens with one attached hydrogen (secondary N) is 3. The van der Waals surface area contributed by atoms with Gasteiger partial charge in [0.1, 0.15) is 5.82 Å². The van der Waals surface area contributed by atoms with Crippen molar-refractivity contribution in [3.63, 3.8) is 0 Å². The summed E-state index contributed by atoms with van der Waals surface area (Å²) in [6, 6.07) is 10.2. The van der Waals surface area contributed by atoms with Gasteiger partial charge in [0.25, 0.3) is 0 Å². The van der Waals surface area contributed by atoms with Gasteiger partial charge in [0.2, 0.25) is 5.82 Å². The van der Waals surface area contributed by atoms with Gasteiger partial charge < -0.3 is 15.5 Å². The molecule has 0 aliphatic carbocycles. The fourth-order valence-electron chi connectivity index (χ4n) is 2.74. The molecule has 0 amide bonds. The molecule has 1 aromatic carbocycles. The fourth-order valence-corrected chi connectivity index (χ4v) is 2.74. The van der Waals surface area contributed by atoms with Crippen LogP contribution < -0.4 is 20.9 Å². The highest BCUT2D eigenvalue weighted by Gasteiger charge is 2.22. The van der Waals surface area contributed by atoms with E-state index in [-0.39, 0.29) is 18.1 Å². The Hall–Kier alpha value is -2.94. The zero-order valence-corrected chi connectivity index (χ0v) is 13.7. The molecular formula is C16H19FN6O2. The van der Waals surface area contributed by atoms with Gasteiger partial charge in [0.15, 0.2) is 6.30 Å². The first-order valence-corrected chi connectivity index (χ1v) is 7.90. The molecule has 1 fully saturated rings. The van der Waals surface area contributed by atoms with Gasteiger partial charge in [-0.05, 0) is 18.2 Å². The van der Waals surface area contributed by atoms with Gasteiger partial charge in [-0.15, -0.1) is 0 Å². The minimum Gasteiger partial charge on any atom is -0.373 e. The summed E-state index contributed by atoms with van der Waals surface area (Å²) in [6.07, 6.45) is -1.11. The number of rotatable bonds is 5. The van der Waals surface area contributed by atoms with Crippen LogP contribution in [0.25, 0.3) is 0 Å². The molecule has 1 aliphatic rings. The summed E-state index contributed by atoms with van der Waals surface area (Å²) in [4.78, 5) is 16.9. The van der Waals surface area contributed by atoms with Crippen LogP contribution in [-0.2, 0) is 0 Å². The van der Waals surface area contributed by atoms with Crippen LogP contribution in [0.3, 0.4) is 0 Å². The van der Waals surface area contributed by atoms with Crippen molar-refractivity contribution in [2.75, 3.05) is 42.2 Å². The van der Waals surface area contributed by atoms with Gasteiger partial charge in [-0.1, -0.05) is 12.1 Å². The Morgan fingerprint density at radius 1 is 1.36 bits per heavy atom. The number of alkyl halides is 1. The van der Waals surface area contributed by atoms with E-state index in [1.54, 1.807) is 19.2 Å². The molecule has 1 unspecified atom stereocenters. The van der Waals surface area contributed by atoms with E-state index in [1.165, 1.54) is 6.07 Å². The number of pyridine rings is 1. The van der Waals surface area contributed by atoms with E-state index in [4.69, 9.17) is 0 Å². The third kappa shape index (κ3) is 3.77. The minimum atomic E-state index is -1.11. The molecule has 8 nitrogen and oxygen atoms in total. The average molecular weight is 346 g/mol. The van der Waals surface area contributed by atoms with Crippen molar-refractivity contribution >= 4 is 28.7 Å². The third-order valence-corrected chi connectivity index (χ3v) is 3.95. The summed E-state index contributed by atoms with van der Waals surface area (Å²) in [6.45, 7) is 1.39. The van der Waals surface area contributed by atoms with Crippen LogP contribution in [0.2, 0.25) is 0 Å². The van der Waals surface area contributed by atoms with Gasteiger partial charge in [-0.3, -0.25) is 15.4 Å². The summed E-state index contributed by atoms with van der Waals surface area (Å²) in [5.74, 6) is 0.646. The topological polar surface area (TPSA) is 95.4 Å². The van der Waals surface area contributed by atoms with Gasteiger partial charge in [0.05, 0.1) is 22.8 Å². The molecule has 9 heteroatoms. The summed E-state index contributed by atoms with van der Waals surface area (Å²) in [5.41, 5.74) is 1.29. The number of para-hydroxylation sites is 2. The molecule has 1 saturated heterocycles. The molecule has 2 aromatic rings. The molecule has 1 aliphatic heterocycles. The van der Waals surface area contributed by atoms with Crippen LogP contribution in [0.4, 0.5) is 33.1 Å². The van der Waals surface area contributed by atoms with E-state index in [1.807, 2.05) is 23.1 Å². The molecule has 0 radical (unpaired) electrons. The number of halogens is 1. The molecule has 1 aromatic heterocycles. The smallest absolute Gasteiger partial charge is 0.311 e. The van der Waals surface area contributed by atoms with Gasteiger partial charge >= 0.3 is 5.69 Å². The van der Waals surface area contributed by atoms with E-state index >= 15 is 0 Å². The van der Waals surface area contributed by atoms with E-state index in [2.05, 4.69) is 20.9 Å². The second-order valence-electron chi connectivity index (χ2n) is 5.58. The number of hydrogen-bond donors (Lipinski definition) is 3. The lowest BCUT2D eigenvalue weighted by molar-refractivity contribution is -0.384. The first-order valence-electron chi connectivity index (χ1n) is 7.90. The van der Waals surface area contributed by atoms with Gasteiger partial charge in [-0.2, -0.15) is 0 Å². The number of anilines is 4. The molecule has 3 N–H and O–H groups in total. The van der Waals surface area contributed by atoms with Crippen LogP contribution in [-0.4, -0.2) is 42.9 Å². The zero-order chi connectivity index (χ0) is 17.8. The second-order valence-corrected chi connectivity index (χ2v) is 5.58. The predicted octanol–water partition coefficient (Wildman–Crippen LogP) is 2.48. The number of benzene rings is 1. The van der Waals surface area contributed by atoms with Crippen LogP contribution in [0.1, 0.15) is 0 Å². The van der Waals surface area contributed by atoms with E-state index in [0.717, 1.165) is 5.69 Å². The summed E-state index contributed by atoms with van der Waals surface area (Å²) in [5, 5.41) is 19.9. The van der Waals surface area contributed by atoms with Gasteiger partial charge in [-0.25, -0.2) is 9.37 Å². The Morgan fingerprint density at radius 3 is 2.88 bits per heavy atom. The molecule has 25 heavy (non-hydrogen) atoms. The average Bonchev–Trinajstić information content (AvgIpc) is 2.62. The highest BCUT2D eigenvalue weighted by atomic mass is 19.1. The molecule has 132 valence electrons. The lowest BCUT2D eigenvalue weighted by Crippen LogP contribution is -2.48. The van der Waals surface area contributed by atoms with E-state index in [9.17, 15) is 14.5 Å². The maximum absolute atomic E-state index is 13.7.